The van der Waals surface area contributed by atoms with Crippen LogP contribution in [0.25, 0.3) is 0 Å². The molecule has 104 valence electrons. The van der Waals surface area contributed by atoms with Crippen molar-refractivity contribution in [1.29, 1.82) is 0 Å². The molecule has 0 aliphatic carbocycles. The van der Waals surface area contributed by atoms with Gasteiger partial charge in [0.1, 0.15) is 10.4 Å². The van der Waals surface area contributed by atoms with Gasteiger partial charge in [0.05, 0.1) is 5.56 Å². The second kappa shape index (κ2) is 6.61. The first-order chi connectivity index (χ1) is 9.60. The standard InChI is InChI=1S/C15H14BrFN2O/c1-2-19(10-11-4-3-5-13(17)8-11)15(20)12-6-7-14(16)18-9-12/h3-9H,2,10H2,1H3. The third kappa shape index (κ3) is 3.63. The van der Waals surface area contributed by atoms with Crippen molar-refractivity contribution in [3.63, 3.8) is 0 Å². The highest BCUT2D eigenvalue weighted by molar-refractivity contribution is 9.10. The number of nitrogens with zero attached hydrogens (tertiary/aromatic N) is 2. The fourth-order valence-corrected chi connectivity index (χ4v) is 2.10. The Morgan fingerprint density at radius 2 is 2.15 bits per heavy atom. The van der Waals surface area contributed by atoms with Crippen LogP contribution in [0, 0.1) is 5.82 Å². The van der Waals surface area contributed by atoms with E-state index < -0.39 is 0 Å². The summed E-state index contributed by atoms with van der Waals surface area (Å²) in [6.07, 6.45) is 1.53. The van der Waals surface area contributed by atoms with Gasteiger partial charge >= 0.3 is 0 Å². The van der Waals surface area contributed by atoms with E-state index in [1.54, 1.807) is 29.2 Å². The highest BCUT2D eigenvalue weighted by Gasteiger charge is 2.15. The lowest BCUT2D eigenvalue weighted by Gasteiger charge is -2.21. The minimum absolute atomic E-state index is 0.114. The van der Waals surface area contributed by atoms with Crippen LogP contribution in [-0.4, -0.2) is 22.3 Å². The smallest absolute Gasteiger partial charge is 0.255 e. The molecule has 1 amide bonds. The molecule has 0 N–H and O–H groups in total. The molecular formula is C15H14BrFN2O. The molecule has 0 atom stereocenters. The van der Waals surface area contributed by atoms with Gasteiger partial charge in [0.15, 0.2) is 0 Å². The summed E-state index contributed by atoms with van der Waals surface area (Å²) in [4.78, 5) is 18.1. The molecule has 1 aromatic carbocycles. The molecule has 0 unspecified atom stereocenters. The minimum atomic E-state index is -0.295. The van der Waals surface area contributed by atoms with Crippen LogP contribution in [0.15, 0.2) is 47.2 Å². The van der Waals surface area contributed by atoms with Crippen LogP contribution in [0.2, 0.25) is 0 Å². The van der Waals surface area contributed by atoms with Gasteiger partial charge in [-0.3, -0.25) is 4.79 Å². The maximum Gasteiger partial charge on any atom is 0.255 e. The maximum atomic E-state index is 13.2. The number of pyridine rings is 1. The first kappa shape index (κ1) is 14.7. The van der Waals surface area contributed by atoms with Gasteiger partial charge in [0.25, 0.3) is 5.91 Å². The summed E-state index contributed by atoms with van der Waals surface area (Å²) in [5, 5.41) is 0. The average Bonchev–Trinajstić information content (AvgIpc) is 2.45. The Hall–Kier alpha value is -1.75. The lowest BCUT2D eigenvalue weighted by molar-refractivity contribution is 0.0752. The fourth-order valence-electron chi connectivity index (χ4n) is 1.87. The lowest BCUT2D eigenvalue weighted by atomic mass is 10.2. The molecule has 0 radical (unpaired) electrons. The Labute approximate surface area is 125 Å². The SMILES string of the molecule is CCN(Cc1cccc(F)c1)C(=O)c1ccc(Br)nc1. The zero-order valence-corrected chi connectivity index (χ0v) is 12.6. The van der Waals surface area contributed by atoms with Crippen LogP contribution in [0.4, 0.5) is 4.39 Å². The zero-order chi connectivity index (χ0) is 14.5. The number of amides is 1. The van der Waals surface area contributed by atoms with Gasteiger partial charge in [-0.1, -0.05) is 12.1 Å². The van der Waals surface area contributed by atoms with Crippen molar-refractivity contribution >= 4 is 21.8 Å². The number of rotatable bonds is 4. The van der Waals surface area contributed by atoms with Crippen LogP contribution < -0.4 is 0 Å². The molecule has 0 saturated heterocycles. The number of hydrogen-bond donors (Lipinski definition) is 0. The largest absolute Gasteiger partial charge is 0.335 e. The average molecular weight is 337 g/mol. The molecule has 0 saturated carbocycles. The third-order valence-corrected chi connectivity index (χ3v) is 3.37. The van der Waals surface area contributed by atoms with Crippen molar-refractivity contribution in [2.24, 2.45) is 0 Å². The van der Waals surface area contributed by atoms with Crippen molar-refractivity contribution in [3.8, 4) is 0 Å². The summed E-state index contributed by atoms with van der Waals surface area (Å²) in [6, 6.07) is 9.72. The first-order valence-corrected chi connectivity index (χ1v) is 7.04. The third-order valence-electron chi connectivity index (χ3n) is 2.91. The van der Waals surface area contributed by atoms with Crippen molar-refractivity contribution in [2.45, 2.75) is 13.5 Å². The highest BCUT2D eigenvalue weighted by Crippen LogP contribution is 2.12. The molecule has 1 aromatic heterocycles. The number of benzene rings is 1. The van der Waals surface area contributed by atoms with E-state index in [1.807, 2.05) is 6.92 Å². The number of hydrogen-bond acceptors (Lipinski definition) is 2. The van der Waals surface area contributed by atoms with Crippen LogP contribution in [-0.2, 0) is 6.54 Å². The lowest BCUT2D eigenvalue weighted by Crippen LogP contribution is -2.30. The number of aromatic nitrogens is 1. The molecule has 0 aliphatic rings. The van der Waals surface area contributed by atoms with Gasteiger partial charge in [-0.2, -0.15) is 0 Å². The Bertz CT molecular complexity index is 601. The van der Waals surface area contributed by atoms with E-state index in [1.165, 1.54) is 18.3 Å². The van der Waals surface area contributed by atoms with Gasteiger partial charge in [-0.05, 0) is 52.7 Å². The van der Waals surface area contributed by atoms with Crippen molar-refractivity contribution in [2.75, 3.05) is 6.54 Å². The van der Waals surface area contributed by atoms with E-state index in [0.717, 1.165) is 5.56 Å². The van der Waals surface area contributed by atoms with Gasteiger partial charge < -0.3 is 4.90 Å². The van der Waals surface area contributed by atoms with Gasteiger partial charge in [0.2, 0.25) is 0 Å². The predicted molar refractivity (Wildman–Crippen MR) is 78.8 cm³/mol. The molecule has 2 rings (SSSR count). The Kier molecular flexibility index (Phi) is 4.84. The van der Waals surface area contributed by atoms with Gasteiger partial charge in [-0.15, -0.1) is 0 Å². The Morgan fingerprint density at radius 1 is 1.35 bits per heavy atom. The normalized spacial score (nSPS) is 10.3. The monoisotopic (exact) mass is 336 g/mol. The van der Waals surface area contributed by atoms with Gasteiger partial charge in [0, 0.05) is 19.3 Å². The second-order valence-electron chi connectivity index (χ2n) is 4.32. The molecule has 2 aromatic rings. The first-order valence-electron chi connectivity index (χ1n) is 6.25. The molecule has 0 spiro atoms. The summed E-state index contributed by atoms with van der Waals surface area (Å²) in [5.74, 6) is -0.409. The molecule has 3 nitrogen and oxygen atoms in total. The van der Waals surface area contributed by atoms with Crippen LogP contribution in [0.3, 0.4) is 0 Å². The highest BCUT2D eigenvalue weighted by atomic mass is 79.9. The second-order valence-corrected chi connectivity index (χ2v) is 5.13. The molecule has 20 heavy (non-hydrogen) atoms. The van der Waals surface area contributed by atoms with Crippen LogP contribution >= 0.6 is 15.9 Å². The minimum Gasteiger partial charge on any atom is -0.335 e. The van der Waals surface area contributed by atoms with E-state index in [-0.39, 0.29) is 11.7 Å². The number of halogens is 2. The molecule has 0 bridgehead atoms. The molecule has 0 aliphatic heterocycles. The van der Waals surface area contributed by atoms with Crippen LogP contribution in [0.5, 0.6) is 0 Å². The number of carbonyl (C=O) groups excluding carboxylic acids is 1. The fraction of sp³-hybridized carbons (Fsp3) is 0.200. The summed E-state index contributed by atoms with van der Waals surface area (Å²) < 4.78 is 13.9. The summed E-state index contributed by atoms with van der Waals surface area (Å²) >= 11 is 3.23. The van der Waals surface area contributed by atoms with Crippen LogP contribution in [0.1, 0.15) is 22.8 Å². The quantitative estimate of drug-likeness (QED) is 0.798. The van der Waals surface area contributed by atoms with E-state index in [4.69, 9.17) is 0 Å². The predicted octanol–water partition coefficient (Wildman–Crippen LogP) is 3.65. The van der Waals surface area contributed by atoms with E-state index in [0.29, 0.717) is 23.3 Å². The summed E-state index contributed by atoms with van der Waals surface area (Å²) in [7, 11) is 0. The Morgan fingerprint density at radius 3 is 2.75 bits per heavy atom. The van der Waals surface area contributed by atoms with Crippen molar-refractivity contribution in [1.82, 2.24) is 9.88 Å². The molecule has 0 fully saturated rings. The van der Waals surface area contributed by atoms with E-state index >= 15 is 0 Å². The van der Waals surface area contributed by atoms with Crippen molar-refractivity contribution < 1.29 is 9.18 Å². The zero-order valence-electron chi connectivity index (χ0n) is 11.0. The summed E-state index contributed by atoms with van der Waals surface area (Å²) in [5.41, 5.74) is 1.29. The topological polar surface area (TPSA) is 33.2 Å². The Balaban J connectivity index is 2.15. The van der Waals surface area contributed by atoms with E-state index in [2.05, 4.69) is 20.9 Å². The van der Waals surface area contributed by atoms with Crippen molar-refractivity contribution in [3.05, 3.63) is 64.1 Å². The van der Waals surface area contributed by atoms with E-state index in [9.17, 15) is 9.18 Å². The maximum absolute atomic E-state index is 13.2. The molecule has 1 heterocycles. The van der Waals surface area contributed by atoms with Gasteiger partial charge in [-0.25, -0.2) is 9.37 Å². The molecule has 5 heteroatoms. The summed E-state index contributed by atoms with van der Waals surface area (Å²) in [6.45, 7) is 2.82. The molecular weight excluding hydrogens is 323 g/mol. The number of carbonyl (C=O) groups is 1.